The Hall–Kier alpha value is -2.70. The molecule has 0 fully saturated rings. The Morgan fingerprint density at radius 3 is 2.56 bits per heavy atom. The lowest BCUT2D eigenvalue weighted by Crippen LogP contribution is -2.23. The molecular weight excluding hydrogens is 488 g/mol. The Labute approximate surface area is 200 Å². The van der Waals surface area contributed by atoms with Crippen molar-refractivity contribution in [2.75, 3.05) is 0 Å². The Morgan fingerprint density at radius 2 is 1.88 bits per heavy atom. The maximum atomic E-state index is 13.3. The number of aromatic nitrogens is 3. The molecule has 0 bridgehead atoms. The molecule has 0 amide bonds. The molecule has 2 aromatic carbocycles. The number of aryl methyl sites for hydroxylation is 1. The Balaban J connectivity index is 1.84. The summed E-state index contributed by atoms with van der Waals surface area (Å²) in [5.74, 6) is 0.754. The van der Waals surface area contributed by atoms with Gasteiger partial charge in [-0.2, -0.15) is 9.78 Å². The maximum absolute atomic E-state index is 13.3. The van der Waals surface area contributed by atoms with Gasteiger partial charge in [-0.15, -0.1) is 0 Å². The number of nitrogens with zero attached hydrogens (tertiary/aromatic N) is 4. The van der Waals surface area contributed by atoms with Crippen LogP contribution in [0.4, 0.5) is 0 Å². The second-order valence-corrected chi connectivity index (χ2v) is 9.29. The van der Waals surface area contributed by atoms with Crippen LogP contribution in [-0.4, -0.2) is 20.4 Å². The molecule has 32 heavy (non-hydrogen) atoms. The summed E-state index contributed by atoms with van der Waals surface area (Å²) in [6, 6.07) is 15.3. The van der Waals surface area contributed by atoms with E-state index in [1.165, 1.54) is 4.68 Å². The maximum Gasteiger partial charge on any atom is 0.282 e. The highest BCUT2D eigenvalue weighted by atomic mass is 79.9. The molecule has 5 nitrogen and oxygen atoms in total. The third-order valence-corrected chi connectivity index (χ3v) is 6.50. The normalized spacial score (nSPS) is 12.7. The summed E-state index contributed by atoms with van der Waals surface area (Å²) in [6.07, 6.45) is 2.60. The Kier molecular flexibility index (Phi) is 6.35. The van der Waals surface area contributed by atoms with E-state index < -0.39 is 0 Å². The second-order valence-electron chi connectivity index (χ2n) is 7.94. The fourth-order valence-corrected chi connectivity index (χ4v) is 4.29. The zero-order chi connectivity index (χ0) is 23.0. The molecule has 0 N–H and O–H groups in total. The van der Waals surface area contributed by atoms with Crippen LogP contribution >= 0.6 is 27.5 Å². The third-order valence-electron chi connectivity index (χ3n) is 5.75. The molecule has 2 aromatic heterocycles. The van der Waals surface area contributed by atoms with Crippen LogP contribution in [0.15, 0.2) is 62.9 Å². The van der Waals surface area contributed by atoms with Crippen LogP contribution < -0.4 is 5.56 Å². The molecule has 0 radical (unpaired) electrons. The van der Waals surface area contributed by atoms with Crippen LogP contribution in [0.5, 0.6) is 0 Å². The largest absolute Gasteiger partial charge is 0.318 e. The average Bonchev–Trinajstić information content (AvgIpc) is 3.06. The van der Waals surface area contributed by atoms with Crippen molar-refractivity contribution < 1.29 is 0 Å². The molecule has 4 rings (SSSR count). The highest BCUT2D eigenvalue weighted by molar-refractivity contribution is 9.10. The molecule has 0 aliphatic carbocycles. The smallest absolute Gasteiger partial charge is 0.282 e. The van der Waals surface area contributed by atoms with Crippen LogP contribution in [0.3, 0.4) is 0 Å². The quantitative estimate of drug-likeness (QED) is 0.283. The average molecular weight is 512 g/mol. The summed E-state index contributed by atoms with van der Waals surface area (Å²) in [4.78, 5) is 18.1. The lowest BCUT2D eigenvalue weighted by Gasteiger charge is -2.14. The van der Waals surface area contributed by atoms with Crippen molar-refractivity contribution in [1.82, 2.24) is 14.2 Å². The van der Waals surface area contributed by atoms with Crippen molar-refractivity contribution in [2.45, 2.75) is 40.0 Å². The van der Waals surface area contributed by atoms with E-state index in [-0.39, 0.29) is 11.5 Å². The first-order valence-corrected chi connectivity index (χ1v) is 11.7. The summed E-state index contributed by atoms with van der Waals surface area (Å²) >= 11 is 9.50. The molecular formula is C25H24BrClN4O. The Morgan fingerprint density at radius 1 is 1.16 bits per heavy atom. The first-order chi connectivity index (χ1) is 15.3. The lowest BCUT2D eigenvalue weighted by molar-refractivity contribution is 0.613. The minimum Gasteiger partial charge on any atom is -0.318 e. The minimum absolute atomic E-state index is 0.0920. The van der Waals surface area contributed by atoms with E-state index in [0.29, 0.717) is 21.7 Å². The highest BCUT2D eigenvalue weighted by Gasteiger charge is 2.16. The molecule has 7 heteroatoms. The van der Waals surface area contributed by atoms with Crippen molar-refractivity contribution in [3.05, 3.63) is 91.2 Å². The van der Waals surface area contributed by atoms with Crippen molar-refractivity contribution in [1.29, 1.82) is 0 Å². The van der Waals surface area contributed by atoms with Crippen molar-refractivity contribution in [3.63, 3.8) is 0 Å². The Bertz CT molecular complexity index is 1390. The van der Waals surface area contributed by atoms with E-state index in [2.05, 4.69) is 45.5 Å². The number of fused-ring (bicyclic) bond motifs is 1. The van der Waals surface area contributed by atoms with Gasteiger partial charge in [0, 0.05) is 38.1 Å². The van der Waals surface area contributed by atoms with Crippen LogP contribution in [0.1, 0.15) is 49.0 Å². The van der Waals surface area contributed by atoms with Crippen LogP contribution in [0, 0.1) is 13.8 Å². The lowest BCUT2D eigenvalue weighted by atomic mass is 10.1. The molecule has 0 unspecified atom stereocenters. The van der Waals surface area contributed by atoms with Gasteiger partial charge in [0.1, 0.15) is 5.82 Å². The van der Waals surface area contributed by atoms with Gasteiger partial charge < -0.3 is 4.57 Å². The first-order valence-electron chi connectivity index (χ1n) is 10.5. The van der Waals surface area contributed by atoms with E-state index in [1.54, 1.807) is 12.3 Å². The molecule has 0 saturated heterocycles. The first kappa shape index (κ1) is 22.5. The summed E-state index contributed by atoms with van der Waals surface area (Å²) in [7, 11) is 0. The van der Waals surface area contributed by atoms with Gasteiger partial charge in [-0.25, -0.2) is 4.98 Å². The van der Waals surface area contributed by atoms with Crippen LogP contribution in [-0.2, 0) is 0 Å². The summed E-state index contributed by atoms with van der Waals surface area (Å²) < 4.78 is 4.42. The number of halogens is 2. The molecule has 0 aliphatic rings. The van der Waals surface area contributed by atoms with Gasteiger partial charge in [-0.1, -0.05) is 41.4 Å². The van der Waals surface area contributed by atoms with Gasteiger partial charge in [0.25, 0.3) is 5.56 Å². The van der Waals surface area contributed by atoms with E-state index in [0.717, 1.165) is 33.5 Å². The molecule has 2 heterocycles. The standard InChI is InChI=1S/C25H24BrClN4O/c1-5-15(2)24-29-23-11-6-19(26)13-22(23)25(32)31(24)28-14-18-12-16(3)30(17(18)4)21-9-7-20(27)8-10-21/h6-15H,5H2,1-4H3/t15-/m0/s1. The number of rotatable bonds is 5. The fourth-order valence-electron chi connectivity index (χ4n) is 3.80. The molecule has 0 aliphatic heterocycles. The van der Waals surface area contributed by atoms with Crippen LogP contribution in [0.2, 0.25) is 5.02 Å². The zero-order valence-corrected chi connectivity index (χ0v) is 20.8. The molecule has 1 atom stereocenters. The van der Waals surface area contributed by atoms with Gasteiger partial charge in [-0.3, -0.25) is 4.79 Å². The highest BCUT2D eigenvalue weighted by Crippen LogP contribution is 2.23. The summed E-state index contributed by atoms with van der Waals surface area (Å²) in [6.45, 7) is 8.23. The van der Waals surface area contributed by atoms with Crippen LogP contribution in [0.25, 0.3) is 16.6 Å². The molecule has 0 saturated carbocycles. The summed E-state index contributed by atoms with van der Waals surface area (Å²) in [5.41, 5.74) is 4.58. The van der Waals surface area contributed by atoms with Gasteiger partial charge in [0.2, 0.25) is 0 Å². The van der Waals surface area contributed by atoms with E-state index in [4.69, 9.17) is 16.6 Å². The monoisotopic (exact) mass is 510 g/mol. The van der Waals surface area contributed by atoms with Crippen molar-refractivity contribution >= 4 is 44.6 Å². The second kappa shape index (κ2) is 9.04. The SMILES string of the molecule is CC[C@H](C)c1nc2ccc(Br)cc2c(=O)n1N=Cc1cc(C)n(-c2ccc(Cl)cc2)c1C. The molecule has 164 valence electrons. The number of hydrogen-bond donors (Lipinski definition) is 0. The fraction of sp³-hybridized carbons (Fsp3) is 0.240. The number of benzene rings is 2. The van der Waals surface area contributed by atoms with Crippen molar-refractivity contribution in [2.24, 2.45) is 5.10 Å². The van der Waals surface area contributed by atoms with Gasteiger partial charge in [-0.05, 0) is 68.8 Å². The summed E-state index contributed by atoms with van der Waals surface area (Å²) in [5, 5.41) is 5.85. The molecule has 0 spiro atoms. The van der Waals surface area contributed by atoms with E-state index >= 15 is 0 Å². The minimum atomic E-state index is -0.172. The zero-order valence-electron chi connectivity index (χ0n) is 18.4. The van der Waals surface area contributed by atoms with Crippen molar-refractivity contribution in [3.8, 4) is 5.69 Å². The van der Waals surface area contributed by atoms with Gasteiger partial charge in [0.15, 0.2) is 0 Å². The van der Waals surface area contributed by atoms with E-state index in [1.807, 2.05) is 50.2 Å². The predicted molar refractivity (Wildman–Crippen MR) is 136 cm³/mol. The van der Waals surface area contributed by atoms with Gasteiger partial charge in [0.05, 0.1) is 17.1 Å². The number of hydrogen-bond acceptors (Lipinski definition) is 3. The van der Waals surface area contributed by atoms with Gasteiger partial charge >= 0.3 is 0 Å². The van der Waals surface area contributed by atoms with E-state index in [9.17, 15) is 4.79 Å². The topological polar surface area (TPSA) is 52.2 Å². The third kappa shape index (κ3) is 4.17. The predicted octanol–water partition coefficient (Wildman–Crippen LogP) is 6.62. The molecule has 4 aromatic rings.